The number of methoxy groups -OCH3 is 1. The summed E-state index contributed by atoms with van der Waals surface area (Å²) in [6.07, 6.45) is 1.61. The third kappa shape index (κ3) is 2.78. The van der Waals surface area contributed by atoms with Crippen LogP contribution in [0.3, 0.4) is 0 Å². The van der Waals surface area contributed by atoms with Crippen LogP contribution in [0.5, 0.6) is 5.75 Å². The van der Waals surface area contributed by atoms with Crippen LogP contribution in [0.25, 0.3) is 0 Å². The molecule has 0 amide bonds. The summed E-state index contributed by atoms with van der Waals surface area (Å²) in [6, 6.07) is 5.64. The Morgan fingerprint density at radius 2 is 2.33 bits per heavy atom. The second kappa shape index (κ2) is 5.19. The molecule has 0 aromatic heterocycles. The molecule has 0 bridgehead atoms. The first kappa shape index (κ1) is 13.2. The summed E-state index contributed by atoms with van der Waals surface area (Å²) in [7, 11) is 1.61. The summed E-state index contributed by atoms with van der Waals surface area (Å²) >= 11 is 6.18. The van der Waals surface area contributed by atoms with Gasteiger partial charge in [-0.2, -0.15) is 0 Å². The number of aliphatic carboxylic acids is 1. The Kier molecular flexibility index (Phi) is 3.81. The Morgan fingerprint density at radius 1 is 1.61 bits per heavy atom. The summed E-state index contributed by atoms with van der Waals surface area (Å²) in [5.74, 6) is 0.550. The lowest BCUT2D eigenvalue weighted by atomic mass is 9.95. The molecule has 98 valence electrons. The maximum atomic E-state index is 10.8. The predicted octanol–water partition coefficient (Wildman–Crippen LogP) is 3.25. The van der Waals surface area contributed by atoms with E-state index in [1.165, 1.54) is 0 Å². The molecule has 3 unspecified atom stereocenters. The first-order chi connectivity index (χ1) is 8.52. The van der Waals surface area contributed by atoms with Gasteiger partial charge in [-0.25, -0.2) is 0 Å². The van der Waals surface area contributed by atoms with E-state index in [9.17, 15) is 4.79 Å². The van der Waals surface area contributed by atoms with E-state index in [-0.39, 0.29) is 5.92 Å². The molecule has 18 heavy (non-hydrogen) atoms. The summed E-state index contributed by atoms with van der Waals surface area (Å²) in [5.41, 5.74) is 1.06. The van der Waals surface area contributed by atoms with Crippen molar-refractivity contribution in [2.45, 2.75) is 19.8 Å². The molecule has 1 fully saturated rings. The Morgan fingerprint density at radius 3 is 2.83 bits per heavy atom. The minimum absolute atomic E-state index is 0.156. The molecule has 1 aliphatic carbocycles. The van der Waals surface area contributed by atoms with Gasteiger partial charge in [0.15, 0.2) is 0 Å². The van der Waals surface area contributed by atoms with Crippen LogP contribution in [0.15, 0.2) is 18.2 Å². The Hall–Kier alpha value is -1.22. The number of hydrogen-bond acceptors (Lipinski definition) is 2. The third-order valence-electron chi connectivity index (χ3n) is 3.69. The molecule has 3 nitrogen and oxygen atoms in total. The largest absolute Gasteiger partial charge is 0.497 e. The number of hydrogen-bond donors (Lipinski definition) is 1. The summed E-state index contributed by atoms with van der Waals surface area (Å²) in [4.78, 5) is 10.8. The smallest absolute Gasteiger partial charge is 0.306 e. The van der Waals surface area contributed by atoms with Gasteiger partial charge in [0.1, 0.15) is 5.75 Å². The molecular formula is C14H17ClO3. The molecule has 0 spiro atoms. The number of carboxylic acids is 1. The van der Waals surface area contributed by atoms with Crippen molar-refractivity contribution in [1.29, 1.82) is 0 Å². The zero-order valence-corrected chi connectivity index (χ0v) is 11.3. The van der Waals surface area contributed by atoms with Crippen molar-refractivity contribution in [3.63, 3.8) is 0 Å². The minimum atomic E-state index is -0.673. The standard InChI is InChI=1S/C14H17ClO3/c1-8(11-7-12(11)14(16)17)5-9-3-4-10(18-2)6-13(9)15/h3-4,6,8,11-12H,5,7H2,1-2H3,(H,16,17). The molecule has 1 aliphatic rings. The van der Waals surface area contributed by atoms with Gasteiger partial charge in [-0.15, -0.1) is 0 Å². The molecule has 2 rings (SSSR count). The van der Waals surface area contributed by atoms with Crippen LogP contribution < -0.4 is 4.74 Å². The number of rotatable bonds is 5. The van der Waals surface area contributed by atoms with E-state index >= 15 is 0 Å². The Balaban J connectivity index is 2.00. The minimum Gasteiger partial charge on any atom is -0.497 e. The summed E-state index contributed by atoms with van der Waals surface area (Å²) in [5, 5.41) is 9.61. The van der Waals surface area contributed by atoms with Crippen LogP contribution in [-0.2, 0) is 11.2 Å². The van der Waals surface area contributed by atoms with E-state index in [4.69, 9.17) is 21.4 Å². The molecular weight excluding hydrogens is 252 g/mol. The molecule has 0 aliphatic heterocycles. The lowest BCUT2D eigenvalue weighted by Gasteiger charge is -2.12. The van der Waals surface area contributed by atoms with Crippen molar-refractivity contribution in [3.8, 4) is 5.75 Å². The first-order valence-corrected chi connectivity index (χ1v) is 6.46. The number of carboxylic acid groups (broad SMARTS) is 1. The molecule has 0 saturated heterocycles. The van der Waals surface area contributed by atoms with Crippen molar-refractivity contribution in [3.05, 3.63) is 28.8 Å². The van der Waals surface area contributed by atoms with Crippen LogP contribution in [0, 0.1) is 17.8 Å². The molecule has 1 aromatic rings. The topological polar surface area (TPSA) is 46.5 Å². The molecule has 0 heterocycles. The molecule has 1 aromatic carbocycles. The van der Waals surface area contributed by atoms with E-state index in [1.807, 2.05) is 12.1 Å². The highest BCUT2D eigenvalue weighted by Gasteiger charge is 2.46. The van der Waals surface area contributed by atoms with Gasteiger partial charge in [0, 0.05) is 5.02 Å². The van der Waals surface area contributed by atoms with E-state index in [0.717, 1.165) is 24.2 Å². The lowest BCUT2D eigenvalue weighted by Crippen LogP contribution is -2.08. The fourth-order valence-electron chi connectivity index (χ4n) is 2.45. The van der Waals surface area contributed by atoms with Crippen molar-refractivity contribution in [2.24, 2.45) is 17.8 Å². The zero-order chi connectivity index (χ0) is 13.3. The van der Waals surface area contributed by atoms with E-state index in [2.05, 4.69) is 6.92 Å². The number of benzene rings is 1. The number of ether oxygens (including phenoxy) is 1. The molecule has 1 saturated carbocycles. The van der Waals surface area contributed by atoms with Crippen LogP contribution in [0.2, 0.25) is 5.02 Å². The van der Waals surface area contributed by atoms with E-state index in [0.29, 0.717) is 16.9 Å². The van der Waals surface area contributed by atoms with Gasteiger partial charge < -0.3 is 9.84 Å². The third-order valence-corrected chi connectivity index (χ3v) is 4.04. The predicted molar refractivity (Wildman–Crippen MR) is 70.1 cm³/mol. The zero-order valence-electron chi connectivity index (χ0n) is 10.5. The summed E-state index contributed by atoms with van der Waals surface area (Å²) in [6.45, 7) is 2.09. The quantitative estimate of drug-likeness (QED) is 0.892. The second-order valence-electron chi connectivity index (χ2n) is 4.98. The highest BCUT2D eigenvalue weighted by Crippen LogP contribution is 2.45. The lowest BCUT2D eigenvalue weighted by molar-refractivity contribution is -0.139. The van der Waals surface area contributed by atoms with E-state index in [1.54, 1.807) is 13.2 Å². The summed E-state index contributed by atoms with van der Waals surface area (Å²) < 4.78 is 5.10. The molecule has 3 atom stereocenters. The van der Waals surface area contributed by atoms with E-state index < -0.39 is 5.97 Å². The van der Waals surface area contributed by atoms with Gasteiger partial charge in [-0.3, -0.25) is 4.79 Å². The normalized spacial score (nSPS) is 23.5. The monoisotopic (exact) mass is 268 g/mol. The van der Waals surface area contributed by atoms with Gasteiger partial charge in [-0.05, 0) is 42.4 Å². The maximum Gasteiger partial charge on any atom is 0.306 e. The van der Waals surface area contributed by atoms with Crippen molar-refractivity contribution in [1.82, 2.24) is 0 Å². The van der Waals surface area contributed by atoms with Crippen LogP contribution in [0.1, 0.15) is 18.9 Å². The van der Waals surface area contributed by atoms with Crippen molar-refractivity contribution < 1.29 is 14.6 Å². The Labute approximate surface area is 112 Å². The number of carbonyl (C=O) groups is 1. The van der Waals surface area contributed by atoms with Crippen LogP contribution >= 0.6 is 11.6 Å². The molecule has 0 radical (unpaired) electrons. The molecule has 1 N–H and O–H groups in total. The van der Waals surface area contributed by atoms with Gasteiger partial charge in [0.2, 0.25) is 0 Å². The molecule has 4 heteroatoms. The second-order valence-corrected chi connectivity index (χ2v) is 5.39. The SMILES string of the molecule is COc1ccc(CC(C)C2CC2C(=O)O)c(Cl)c1. The van der Waals surface area contributed by atoms with Gasteiger partial charge in [-0.1, -0.05) is 24.6 Å². The van der Waals surface area contributed by atoms with Crippen LogP contribution in [0.4, 0.5) is 0 Å². The fraction of sp³-hybridized carbons (Fsp3) is 0.500. The van der Waals surface area contributed by atoms with Crippen molar-refractivity contribution in [2.75, 3.05) is 7.11 Å². The Bertz CT molecular complexity index is 458. The highest BCUT2D eigenvalue weighted by molar-refractivity contribution is 6.31. The highest BCUT2D eigenvalue weighted by atomic mass is 35.5. The average Bonchev–Trinajstić information content (AvgIpc) is 3.11. The van der Waals surface area contributed by atoms with Gasteiger partial charge in [0.05, 0.1) is 13.0 Å². The van der Waals surface area contributed by atoms with Gasteiger partial charge in [0.25, 0.3) is 0 Å². The number of halogens is 1. The van der Waals surface area contributed by atoms with Gasteiger partial charge >= 0.3 is 5.97 Å². The average molecular weight is 269 g/mol. The first-order valence-electron chi connectivity index (χ1n) is 6.08. The maximum absolute atomic E-state index is 10.8. The van der Waals surface area contributed by atoms with Crippen LogP contribution in [-0.4, -0.2) is 18.2 Å². The fourth-order valence-corrected chi connectivity index (χ4v) is 2.69. The van der Waals surface area contributed by atoms with Crippen molar-refractivity contribution >= 4 is 17.6 Å².